The topological polar surface area (TPSA) is 42.7 Å². The molecule has 0 spiro atoms. The number of rotatable bonds is 9. The van der Waals surface area contributed by atoms with Crippen molar-refractivity contribution in [2.75, 3.05) is 11.9 Å². The van der Waals surface area contributed by atoms with E-state index in [2.05, 4.69) is 34.7 Å². The summed E-state index contributed by atoms with van der Waals surface area (Å²) in [5.74, 6) is 0. The molecule has 0 aliphatic heterocycles. The van der Waals surface area contributed by atoms with Gasteiger partial charge in [0, 0.05) is 6.54 Å². The fraction of sp³-hybridized carbons (Fsp3) is 0.500. The third-order valence-corrected chi connectivity index (χ3v) is 3.42. The van der Waals surface area contributed by atoms with Gasteiger partial charge in [-0.25, -0.2) is 4.68 Å². The fourth-order valence-corrected chi connectivity index (χ4v) is 2.29. The van der Waals surface area contributed by atoms with Gasteiger partial charge in [0.25, 0.3) is 0 Å². The van der Waals surface area contributed by atoms with Crippen LogP contribution >= 0.6 is 0 Å². The molecular formula is C16H24N4. The minimum absolute atomic E-state index is 1.01. The van der Waals surface area contributed by atoms with Crippen molar-refractivity contribution in [2.45, 2.75) is 45.4 Å². The van der Waals surface area contributed by atoms with E-state index in [0.717, 1.165) is 17.9 Å². The van der Waals surface area contributed by atoms with E-state index in [4.69, 9.17) is 0 Å². The lowest BCUT2D eigenvalue weighted by Gasteiger charge is -2.11. The predicted molar refractivity (Wildman–Crippen MR) is 83.2 cm³/mol. The second-order valence-electron chi connectivity index (χ2n) is 5.06. The van der Waals surface area contributed by atoms with Crippen LogP contribution < -0.4 is 5.32 Å². The molecule has 0 fully saturated rings. The van der Waals surface area contributed by atoms with Crippen LogP contribution in [0.15, 0.2) is 36.7 Å². The number of benzene rings is 1. The van der Waals surface area contributed by atoms with Gasteiger partial charge in [0.1, 0.15) is 0 Å². The van der Waals surface area contributed by atoms with Gasteiger partial charge >= 0.3 is 0 Å². The molecule has 0 saturated heterocycles. The van der Waals surface area contributed by atoms with E-state index in [9.17, 15) is 0 Å². The zero-order chi connectivity index (χ0) is 14.0. The molecule has 2 rings (SSSR count). The molecule has 1 heterocycles. The molecule has 2 aromatic rings. The summed E-state index contributed by atoms with van der Waals surface area (Å²) in [6.45, 7) is 3.26. The molecule has 0 radical (unpaired) electrons. The van der Waals surface area contributed by atoms with E-state index in [1.807, 2.05) is 18.3 Å². The van der Waals surface area contributed by atoms with Crippen molar-refractivity contribution in [3.05, 3.63) is 36.7 Å². The molecule has 0 atom stereocenters. The Kier molecular flexibility index (Phi) is 6.08. The van der Waals surface area contributed by atoms with Crippen molar-refractivity contribution in [3.8, 4) is 5.69 Å². The summed E-state index contributed by atoms with van der Waals surface area (Å²) in [6, 6.07) is 8.21. The minimum Gasteiger partial charge on any atom is -0.383 e. The number of hydrogen-bond donors (Lipinski definition) is 1. The highest BCUT2D eigenvalue weighted by molar-refractivity contribution is 5.60. The summed E-state index contributed by atoms with van der Waals surface area (Å²) in [7, 11) is 0. The predicted octanol–water partition coefficient (Wildman–Crippen LogP) is 4.04. The van der Waals surface area contributed by atoms with Gasteiger partial charge in [-0.1, -0.05) is 56.4 Å². The Labute approximate surface area is 121 Å². The molecule has 0 saturated carbocycles. The van der Waals surface area contributed by atoms with Crippen molar-refractivity contribution in [3.63, 3.8) is 0 Å². The molecule has 1 aromatic carbocycles. The van der Waals surface area contributed by atoms with Crippen LogP contribution in [0.25, 0.3) is 5.69 Å². The Balaban J connectivity index is 1.79. The van der Waals surface area contributed by atoms with E-state index in [1.165, 1.54) is 38.5 Å². The summed E-state index contributed by atoms with van der Waals surface area (Å²) < 4.78 is 1.80. The van der Waals surface area contributed by atoms with E-state index in [0.29, 0.717) is 0 Å². The number of nitrogens with zero attached hydrogens (tertiary/aromatic N) is 3. The largest absolute Gasteiger partial charge is 0.383 e. The van der Waals surface area contributed by atoms with Crippen LogP contribution in [0.2, 0.25) is 0 Å². The molecule has 20 heavy (non-hydrogen) atoms. The molecular weight excluding hydrogens is 248 g/mol. The number of nitrogens with one attached hydrogen (secondary N) is 1. The average Bonchev–Trinajstić information content (AvgIpc) is 3.01. The van der Waals surface area contributed by atoms with Gasteiger partial charge in [0.15, 0.2) is 0 Å². The summed E-state index contributed by atoms with van der Waals surface area (Å²) >= 11 is 0. The maximum atomic E-state index is 4.05. The normalized spacial score (nSPS) is 10.7. The summed E-state index contributed by atoms with van der Waals surface area (Å²) in [5.41, 5.74) is 2.17. The van der Waals surface area contributed by atoms with Crippen LogP contribution in [-0.2, 0) is 0 Å². The minimum atomic E-state index is 1.01. The Hall–Kier alpha value is -1.84. The van der Waals surface area contributed by atoms with Gasteiger partial charge in [-0.05, 0) is 18.6 Å². The van der Waals surface area contributed by atoms with E-state index < -0.39 is 0 Å². The number of unbranched alkanes of at least 4 members (excludes halogenated alkanes) is 5. The molecule has 0 aliphatic carbocycles. The lowest BCUT2D eigenvalue weighted by atomic mass is 10.1. The third-order valence-electron chi connectivity index (χ3n) is 3.42. The van der Waals surface area contributed by atoms with Crippen LogP contribution in [0.5, 0.6) is 0 Å². The zero-order valence-corrected chi connectivity index (χ0v) is 12.3. The van der Waals surface area contributed by atoms with E-state index in [1.54, 1.807) is 10.9 Å². The van der Waals surface area contributed by atoms with Gasteiger partial charge < -0.3 is 5.32 Å². The second kappa shape index (κ2) is 8.35. The number of anilines is 1. The van der Waals surface area contributed by atoms with Crippen molar-refractivity contribution in [1.29, 1.82) is 0 Å². The molecule has 4 heteroatoms. The average molecular weight is 272 g/mol. The van der Waals surface area contributed by atoms with Crippen LogP contribution in [0.4, 0.5) is 5.69 Å². The molecule has 1 aromatic heterocycles. The maximum absolute atomic E-state index is 4.05. The SMILES string of the molecule is CCCCCCCCNc1ccccc1-n1ccnn1. The first kappa shape index (κ1) is 14.6. The molecule has 0 unspecified atom stereocenters. The first-order valence-corrected chi connectivity index (χ1v) is 7.61. The van der Waals surface area contributed by atoms with Gasteiger partial charge in [0.05, 0.1) is 23.8 Å². The Morgan fingerprint density at radius 2 is 1.85 bits per heavy atom. The van der Waals surface area contributed by atoms with Crippen LogP contribution in [-0.4, -0.2) is 21.5 Å². The van der Waals surface area contributed by atoms with Crippen LogP contribution in [0.3, 0.4) is 0 Å². The molecule has 108 valence electrons. The molecule has 0 aliphatic rings. The Morgan fingerprint density at radius 3 is 2.65 bits per heavy atom. The highest BCUT2D eigenvalue weighted by atomic mass is 15.4. The zero-order valence-electron chi connectivity index (χ0n) is 12.3. The van der Waals surface area contributed by atoms with Crippen molar-refractivity contribution < 1.29 is 0 Å². The number of hydrogen-bond acceptors (Lipinski definition) is 3. The highest BCUT2D eigenvalue weighted by Gasteiger charge is 2.03. The first-order chi connectivity index (χ1) is 9.92. The van der Waals surface area contributed by atoms with Crippen molar-refractivity contribution >= 4 is 5.69 Å². The third kappa shape index (κ3) is 4.37. The molecule has 0 amide bonds. The highest BCUT2D eigenvalue weighted by Crippen LogP contribution is 2.18. The van der Waals surface area contributed by atoms with Gasteiger partial charge in [0.2, 0.25) is 0 Å². The Morgan fingerprint density at radius 1 is 1.05 bits per heavy atom. The van der Waals surface area contributed by atoms with Gasteiger partial charge in [-0.3, -0.25) is 0 Å². The lowest BCUT2D eigenvalue weighted by molar-refractivity contribution is 0.617. The van der Waals surface area contributed by atoms with Gasteiger partial charge in [-0.15, -0.1) is 5.10 Å². The monoisotopic (exact) mass is 272 g/mol. The number of aromatic nitrogens is 3. The van der Waals surface area contributed by atoms with E-state index >= 15 is 0 Å². The summed E-state index contributed by atoms with van der Waals surface area (Å²) in [5, 5.41) is 11.4. The smallest absolute Gasteiger partial charge is 0.0894 e. The Bertz CT molecular complexity index is 479. The molecule has 1 N–H and O–H groups in total. The quantitative estimate of drug-likeness (QED) is 0.701. The molecule has 4 nitrogen and oxygen atoms in total. The lowest BCUT2D eigenvalue weighted by Crippen LogP contribution is -2.06. The summed E-state index contributed by atoms with van der Waals surface area (Å²) in [4.78, 5) is 0. The first-order valence-electron chi connectivity index (χ1n) is 7.61. The van der Waals surface area contributed by atoms with E-state index in [-0.39, 0.29) is 0 Å². The summed E-state index contributed by atoms with van der Waals surface area (Å²) in [6.07, 6.45) is 11.5. The molecule has 0 bridgehead atoms. The maximum Gasteiger partial charge on any atom is 0.0894 e. The second-order valence-corrected chi connectivity index (χ2v) is 5.06. The van der Waals surface area contributed by atoms with Gasteiger partial charge in [-0.2, -0.15) is 0 Å². The van der Waals surface area contributed by atoms with Crippen molar-refractivity contribution in [1.82, 2.24) is 15.0 Å². The van der Waals surface area contributed by atoms with Crippen LogP contribution in [0, 0.1) is 0 Å². The van der Waals surface area contributed by atoms with Crippen molar-refractivity contribution in [2.24, 2.45) is 0 Å². The fourth-order valence-electron chi connectivity index (χ4n) is 2.29. The van der Waals surface area contributed by atoms with Crippen LogP contribution in [0.1, 0.15) is 45.4 Å². The standard InChI is InChI=1S/C16H24N4/c1-2-3-4-5-6-9-12-17-15-10-7-8-11-16(15)20-14-13-18-19-20/h7-8,10-11,13-14,17H,2-6,9,12H2,1H3. The number of para-hydroxylation sites is 2.